The van der Waals surface area contributed by atoms with E-state index in [0.717, 1.165) is 0 Å². The SMILES string of the molecule is CC(=O)/C=C(/C)O.CC(=O)/C=C(/C)O.CC(=O)/C=C(\C)O.[Ir]. The summed E-state index contributed by atoms with van der Waals surface area (Å²) in [7, 11) is 0. The summed E-state index contributed by atoms with van der Waals surface area (Å²) in [5.74, 6) is -0.187. The number of allylic oxidation sites excluding steroid dienone is 6. The Hall–Kier alpha value is -1.72. The van der Waals surface area contributed by atoms with E-state index in [1.807, 2.05) is 0 Å². The Balaban J connectivity index is -0.000000108. The Kier molecular flexibility index (Phi) is 22.4. The molecule has 0 rings (SSSR count). The molecule has 0 bridgehead atoms. The smallest absolute Gasteiger partial charge is 0.155 e. The second-order valence-electron chi connectivity index (χ2n) is 4.19. The summed E-state index contributed by atoms with van der Waals surface area (Å²) in [6, 6.07) is 0. The fourth-order valence-electron chi connectivity index (χ4n) is 0.882. The van der Waals surface area contributed by atoms with Gasteiger partial charge in [0.05, 0.1) is 17.3 Å². The van der Waals surface area contributed by atoms with E-state index in [4.69, 9.17) is 15.3 Å². The number of aliphatic hydroxyl groups excluding tert-OH is 3. The van der Waals surface area contributed by atoms with E-state index in [0.29, 0.717) is 0 Å². The van der Waals surface area contributed by atoms with Gasteiger partial charge in [-0.3, -0.25) is 14.4 Å². The fourth-order valence-corrected chi connectivity index (χ4v) is 0.882. The molecule has 0 unspecified atom stereocenters. The molecule has 7 heteroatoms. The first-order valence-electron chi connectivity index (χ1n) is 6.02. The molecule has 0 heterocycles. The number of carbonyl (C=O) groups is 3. The Morgan fingerprint density at radius 2 is 0.682 bits per heavy atom. The number of hydrogen-bond acceptors (Lipinski definition) is 6. The molecule has 0 aromatic carbocycles. The topological polar surface area (TPSA) is 112 Å². The quantitative estimate of drug-likeness (QED) is 0.412. The van der Waals surface area contributed by atoms with Crippen LogP contribution in [0.15, 0.2) is 35.5 Å². The van der Waals surface area contributed by atoms with Gasteiger partial charge < -0.3 is 15.3 Å². The molecule has 0 aromatic heterocycles. The third-order valence-electron chi connectivity index (χ3n) is 1.24. The molecular formula is C15H24IrO6. The van der Waals surface area contributed by atoms with Gasteiger partial charge in [-0.1, -0.05) is 0 Å². The molecule has 0 spiro atoms. The molecule has 0 amide bonds. The van der Waals surface area contributed by atoms with Crippen LogP contribution < -0.4 is 0 Å². The molecule has 3 N–H and O–H groups in total. The first kappa shape index (κ1) is 28.4. The van der Waals surface area contributed by atoms with Crippen molar-refractivity contribution >= 4 is 17.3 Å². The summed E-state index contributed by atoms with van der Waals surface area (Å²) in [5.41, 5.74) is 0. The summed E-state index contributed by atoms with van der Waals surface area (Å²) >= 11 is 0. The van der Waals surface area contributed by atoms with Crippen molar-refractivity contribution in [3.8, 4) is 0 Å². The molecule has 0 atom stereocenters. The molecule has 0 fully saturated rings. The van der Waals surface area contributed by atoms with Crippen molar-refractivity contribution in [3.05, 3.63) is 35.5 Å². The Morgan fingerprint density at radius 1 is 0.545 bits per heavy atom. The minimum absolute atomic E-state index is 0. The van der Waals surface area contributed by atoms with Crippen molar-refractivity contribution in [3.63, 3.8) is 0 Å². The first-order chi connectivity index (χ1) is 9.38. The van der Waals surface area contributed by atoms with Crippen LogP contribution in [-0.2, 0) is 34.5 Å². The summed E-state index contributed by atoms with van der Waals surface area (Å²) in [5, 5.41) is 25.1. The standard InChI is InChI=1S/3C5H8O2.Ir/c3*1-4(6)3-5(2)7;/h3*3,6H,1-2H3;/b4-3+;2*4-3-;. The summed E-state index contributed by atoms with van der Waals surface area (Å²) in [4.78, 5) is 30.1. The summed E-state index contributed by atoms with van der Waals surface area (Å²) in [6.07, 6.45) is 3.50. The number of carbonyl (C=O) groups excluding carboxylic acids is 3. The molecular weight excluding hydrogens is 468 g/mol. The van der Waals surface area contributed by atoms with Gasteiger partial charge >= 0.3 is 0 Å². The van der Waals surface area contributed by atoms with E-state index in [1.165, 1.54) is 59.8 Å². The van der Waals surface area contributed by atoms with Gasteiger partial charge in [0, 0.05) is 38.3 Å². The van der Waals surface area contributed by atoms with Crippen LogP contribution in [0.3, 0.4) is 0 Å². The van der Waals surface area contributed by atoms with E-state index in [1.54, 1.807) is 0 Å². The van der Waals surface area contributed by atoms with Crippen LogP contribution in [0.5, 0.6) is 0 Å². The number of ketones is 3. The maximum atomic E-state index is 10.0. The van der Waals surface area contributed by atoms with Crippen LogP contribution >= 0.6 is 0 Å². The first-order valence-corrected chi connectivity index (χ1v) is 6.02. The summed E-state index contributed by atoms with van der Waals surface area (Å²) in [6.45, 7) is 8.54. The van der Waals surface area contributed by atoms with E-state index >= 15 is 0 Å². The molecule has 0 aromatic rings. The molecule has 0 aliphatic carbocycles. The van der Waals surface area contributed by atoms with Crippen LogP contribution in [0.2, 0.25) is 0 Å². The number of aliphatic hydroxyl groups is 3. The average Bonchev–Trinajstić information content (AvgIpc) is 2.10. The van der Waals surface area contributed by atoms with Gasteiger partial charge in [0.25, 0.3) is 0 Å². The Bertz CT molecular complexity index is 368. The van der Waals surface area contributed by atoms with Gasteiger partial charge in [-0.25, -0.2) is 0 Å². The van der Waals surface area contributed by atoms with E-state index in [9.17, 15) is 14.4 Å². The van der Waals surface area contributed by atoms with Crippen molar-refractivity contribution in [1.82, 2.24) is 0 Å². The van der Waals surface area contributed by atoms with Gasteiger partial charge in [-0.2, -0.15) is 0 Å². The molecule has 0 aliphatic heterocycles. The molecule has 0 aliphatic rings. The third kappa shape index (κ3) is 51.7. The van der Waals surface area contributed by atoms with E-state index in [-0.39, 0.29) is 54.7 Å². The third-order valence-corrected chi connectivity index (χ3v) is 1.24. The van der Waals surface area contributed by atoms with Crippen LogP contribution in [0, 0.1) is 0 Å². The Labute approximate surface area is 144 Å². The maximum Gasteiger partial charge on any atom is 0.155 e. The van der Waals surface area contributed by atoms with Gasteiger partial charge in [-0.15, -0.1) is 0 Å². The van der Waals surface area contributed by atoms with Gasteiger partial charge in [-0.05, 0) is 41.5 Å². The van der Waals surface area contributed by atoms with Gasteiger partial charge in [0.1, 0.15) is 0 Å². The molecule has 0 saturated heterocycles. The normalized spacial score (nSPS) is 10.9. The average molecular weight is 493 g/mol. The van der Waals surface area contributed by atoms with E-state index < -0.39 is 0 Å². The van der Waals surface area contributed by atoms with Crippen LogP contribution in [0.1, 0.15) is 41.5 Å². The van der Waals surface area contributed by atoms with Crippen LogP contribution in [-0.4, -0.2) is 32.7 Å². The van der Waals surface area contributed by atoms with Gasteiger partial charge in [0.15, 0.2) is 17.3 Å². The number of rotatable bonds is 3. The second kappa shape index (κ2) is 17.3. The van der Waals surface area contributed by atoms with Crippen LogP contribution in [0.25, 0.3) is 0 Å². The van der Waals surface area contributed by atoms with Crippen molar-refractivity contribution in [2.75, 3.05) is 0 Å². The monoisotopic (exact) mass is 493 g/mol. The molecule has 1 radical (unpaired) electrons. The van der Waals surface area contributed by atoms with Crippen LogP contribution in [0.4, 0.5) is 0 Å². The minimum atomic E-state index is -0.125. The minimum Gasteiger partial charge on any atom is -0.512 e. The molecule has 6 nitrogen and oxygen atoms in total. The predicted octanol–water partition coefficient (Wildman–Crippen LogP) is 3.11. The molecule has 22 heavy (non-hydrogen) atoms. The fraction of sp³-hybridized carbons (Fsp3) is 0.400. The zero-order valence-electron chi connectivity index (χ0n) is 13.6. The number of hydrogen-bond donors (Lipinski definition) is 3. The zero-order chi connectivity index (χ0) is 17.6. The van der Waals surface area contributed by atoms with Crippen molar-refractivity contribution in [2.24, 2.45) is 0 Å². The van der Waals surface area contributed by atoms with Crippen molar-refractivity contribution in [1.29, 1.82) is 0 Å². The summed E-state index contributed by atoms with van der Waals surface area (Å²) < 4.78 is 0. The second-order valence-corrected chi connectivity index (χ2v) is 4.19. The molecule has 0 saturated carbocycles. The van der Waals surface area contributed by atoms with E-state index in [2.05, 4.69) is 0 Å². The van der Waals surface area contributed by atoms with Crippen molar-refractivity contribution < 1.29 is 49.8 Å². The Morgan fingerprint density at radius 3 is 0.682 bits per heavy atom. The maximum absolute atomic E-state index is 10.0. The zero-order valence-corrected chi connectivity index (χ0v) is 16.0. The largest absolute Gasteiger partial charge is 0.512 e. The van der Waals surface area contributed by atoms with Gasteiger partial charge in [0.2, 0.25) is 0 Å². The van der Waals surface area contributed by atoms with Crippen molar-refractivity contribution in [2.45, 2.75) is 41.5 Å². The molecule has 129 valence electrons. The predicted molar refractivity (Wildman–Crippen MR) is 81.2 cm³/mol.